The summed E-state index contributed by atoms with van der Waals surface area (Å²) >= 11 is 0. The molecule has 48 valence electrons. The summed E-state index contributed by atoms with van der Waals surface area (Å²) in [7, 11) is 0. The van der Waals surface area contributed by atoms with E-state index < -0.39 is 0 Å². The van der Waals surface area contributed by atoms with Crippen LogP contribution in [-0.2, 0) is 4.74 Å². The van der Waals surface area contributed by atoms with Crippen molar-refractivity contribution in [1.82, 2.24) is 0 Å². The zero-order valence-corrected chi connectivity index (χ0v) is 6.12. The summed E-state index contributed by atoms with van der Waals surface area (Å²) in [6.45, 7) is 9.73. The van der Waals surface area contributed by atoms with Gasteiger partial charge in [0.2, 0.25) is 0 Å². The molecule has 0 radical (unpaired) electrons. The first-order valence-corrected chi connectivity index (χ1v) is 3.10. The van der Waals surface area contributed by atoms with Crippen molar-refractivity contribution < 1.29 is 4.74 Å². The van der Waals surface area contributed by atoms with Crippen LogP contribution in [0.4, 0.5) is 0 Å². The zero-order chi connectivity index (χ0) is 6.41. The van der Waals surface area contributed by atoms with Crippen LogP contribution in [0.25, 0.3) is 0 Å². The van der Waals surface area contributed by atoms with E-state index in [4.69, 9.17) is 4.74 Å². The van der Waals surface area contributed by atoms with Crippen molar-refractivity contribution in [3.63, 3.8) is 0 Å². The predicted octanol–water partition coefficient (Wildman–Crippen LogP) is 1.82. The van der Waals surface area contributed by atoms with Crippen LogP contribution >= 0.6 is 0 Å². The summed E-state index contributed by atoms with van der Waals surface area (Å²) in [5.41, 5.74) is 0.514. The fraction of sp³-hybridized carbons (Fsp3) is 1.00. The van der Waals surface area contributed by atoms with Crippen molar-refractivity contribution in [3.8, 4) is 0 Å². The molecule has 0 aromatic carbocycles. The standard InChI is InChI=1S/C7H14O/c1-6(2,3)7(4)5-8-7/h5H2,1-4H3/t7-/m1/s1. The van der Waals surface area contributed by atoms with E-state index in [0.29, 0.717) is 5.41 Å². The van der Waals surface area contributed by atoms with Gasteiger partial charge in [0.05, 0.1) is 12.2 Å². The minimum absolute atomic E-state index is 0.188. The third-order valence-corrected chi connectivity index (χ3v) is 2.16. The Bertz CT molecular complexity index is 92.2. The molecule has 1 nitrogen and oxygen atoms in total. The van der Waals surface area contributed by atoms with Gasteiger partial charge in [-0.3, -0.25) is 0 Å². The van der Waals surface area contributed by atoms with E-state index in [0.717, 1.165) is 6.61 Å². The second-order valence-corrected chi connectivity index (χ2v) is 3.77. The first-order chi connectivity index (χ1) is 3.46. The summed E-state index contributed by atoms with van der Waals surface area (Å²) in [4.78, 5) is 0. The maximum absolute atomic E-state index is 5.26. The highest BCUT2D eigenvalue weighted by molar-refractivity contribution is 4.97. The molecular formula is C7H14O. The monoisotopic (exact) mass is 114 g/mol. The van der Waals surface area contributed by atoms with Crippen molar-refractivity contribution in [2.75, 3.05) is 6.61 Å². The summed E-state index contributed by atoms with van der Waals surface area (Å²) in [5, 5.41) is 0. The molecule has 0 saturated carbocycles. The van der Waals surface area contributed by atoms with E-state index in [9.17, 15) is 0 Å². The lowest BCUT2D eigenvalue weighted by Crippen LogP contribution is -2.26. The Morgan fingerprint density at radius 3 is 1.75 bits per heavy atom. The minimum Gasteiger partial charge on any atom is -0.369 e. The van der Waals surface area contributed by atoms with Crippen LogP contribution in [-0.4, -0.2) is 12.2 Å². The number of hydrogen-bond acceptors (Lipinski definition) is 1. The van der Waals surface area contributed by atoms with E-state index >= 15 is 0 Å². The molecule has 0 unspecified atom stereocenters. The lowest BCUT2D eigenvalue weighted by Gasteiger charge is -2.22. The van der Waals surface area contributed by atoms with Crippen molar-refractivity contribution >= 4 is 0 Å². The van der Waals surface area contributed by atoms with Crippen LogP contribution in [0.5, 0.6) is 0 Å². The van der Waals surface area contributed by atoms with Gasteiger partial charge in [0.1, 0.15) is 0 Å². The second-order valence-electron chi connectivity index (χ2n) is 3.77. The van der Waals surface area contributed by atoms with Crippen LogP contribution in [0.1, 0.15) is 27.7 Å². The van der Waals surface area contributed by atoms with E-state index in [-0.39, 0.29) is 5.60 Å². The first kappa shape index (κ1) is 6.09. The molecule has 1 aliphatic heterocycles. The van der Waals surface area contributed by atoms with Crippen molar-refractivity contribution in [2.45, 2.75) is 33.3 Å². The molecule has 1 heterocycles. The largest absolute Gasteiger partial charge is 0.369 e. The molecule has 8 heavy (non-hydrogen) atoms. The molecule has 1 aliphatic rings. The Kier molecular flexibility index (Phi) is 0.965. The van der Waals surface area contributed by atoms with Crippen LogP contribution in [0, 0.1) is 5.41 Å². The topological polar surface area (TPSA) is 12.5 Å². The molecule has 0 bridgehead atoms. The Morgan fingerprint density at radius 1 is 1.38 bits per heavy atom. The fourth-order valence-electron chi connectivity index (χ4n) is 0.541. The van der Waals surface area contributed by atoms with Gasteiger partial charge in [-0.15, -0.1) is 0 Å². The normalized spacial score (nSPS) is 37.5. The Labute approximate surface area is 51.0 Å². The molecule has 0 aromatic rings. The number of hydrogen-bond donors (Lipinski definition) is 0. The van der Waals surface area contributed by atoms with Gasteiger partial charge in [0.15, 0.2) is 0 Å². The van der Waals surface area contributed by atoms with Crippen LogP contribution in [0.3, 0.4) is 0 Å². The lowest BCUT2D eigenvalue weighted by molar-refractivity contribution is 0.173. The Hall–Kier alpha value is -0.0400. The van der Waals surface area contributed by atoms with E-state index in [1.807, 2.05) is 0 Å². The molecule has 0 spiro atoms. The van der Waals surface area contributed by atoms with Gasteiger partial charge in [-0.05, 0) is 12.3 Å². The number of epoxide rings is 1. The molecule has 1 saturated heterocycles. The molecule has 1 rings (SSSR count). The fourth-order valence-corrected chi connectivity index (χ4v) is 0.541. The maximum atomic E-state index is 5.26. The average Bonchev–Trinajstić information content (AvgIpc) is 2.16. The van der Waals surface area contributed by atoms with Gasteiger partial charge in [-0.2, -0.15) is 0 Å². The molecule has 0 N–H and O–H groups in total. The molecular weight excluding hydrogens is 100 g/mol. The summed E-state index contributed by atoms with van der Waals surface area (Å²) in [6, 6.07) is 0. The Morgan fingerprint density at radius 2 is 1.75 bits per heavy atom. The predicted molar refractivity (Wildman–Crippen MR) is 33.8 cm³/mol. The molecule has 1 fully saturated rings. The summed E-state index contributed by atoms with van der Waals surface area (Å²) in [6.07, 6.45) is 0. The smallest absolute Gasteiger partial charge is 0.0936 e. The summed E-state index contributed by atoms with van der Waals surface area (Å²) < 4.78 is 5.26. The van der Waals surface area contributed by atoms with Crippen LogP contribution < -0.4 is 0 Å². The average molecular weight is 114 g/mol. The third kappa shape index (κ3) is 0.752. The van der Waals surface area contributed by atoms with Gasteiger partial charge < -0.3 is 4.74 Å². The van der Waals surface area contributed by atoms with Crippen LogP contribution in [0.15, 0.2) is 0 Å². The molecule has 1 heteroatoms. The zero-order valence-electron chi connectivity index (χ0n) is 6.12. The van der Waals surface area contributed by atoms with Gasteiger partial charge >= 0.3 is 0 Å². The van der Waals surface area contributed by atoms with Crippen molar-refractivity contribution in [1.29, 1.82) is 0 Å². The molecule has 0 aliphatic carbocycles. The van der Waals surface area contributed by atoms with Crippen LogP contribution in [0.2, 0.25) is 0 Å². The van der Waals surface area contributed by atoms with Gasteiger partial charge in [-0.1, -0.05) is 20.8 Å². The first-order valence-electron chi connectivity index (χ1n) is 3.10. The maximum Gasteiger partial charge on any atom is 0.0936 e. The lowest BCUT2D eigenvalue weighted by atomic mass is 9.82. The number of rotatable bonds is 0. The molecule has 1 atom stereocenters. The SMILES string of the molecule is CC(C)(C)[C@@]1(C)CO1. The highest BCUT2D eigenvalue weighted by atomic mass is 16.6. The van der Waals surface area contributed by atoms with E-state index in [2.05, 4.69) is 27.7 Å². The highest BCUT2D eigenvalue weighted by Crippen LogP contribution is 2.43. The van der Waals surface area contributed by atoms with Crippen molar-refractivity contribution in [2.24, 2.45) is 5.41 Å². The molecule has 0 amide bonds. The van der Waals surface area contributed by atoms with Gasteiger partial charge in [0, 0.05) is 0 Å². The van der Waals surface area contributed by atoms with Crippen molar-refractivity contribution in [3.05, 3.63) is 0 Å². The van der Waals surface area contributed by atoms with Gasteiger partial charge in [0.25, 0.3) is 0 Å². The quantitative estimate of drug-likeness (QED) is 0.438. The highest BCUT2D eigenvalue weighted by Gasteiger charge is 2.49. The van der Waals surface area contributed by atoms with E-state index in [1.54, 1.807) is 0 Å². The molecule has 0 aromatic heterocycles. The van der Waals surface area contributed by atoms with E-state index in [1.165, 1.54) is 0 Å². The number of ether oxygens (including phenoxy) is 1. The Balaban J connectivity index is 2.58. The van der Waals surface area contributed by atoms with Gasteiger partial charge in [-0.25, -0.2) is 0 Å². The third-order valence-electron chi connectivity index (χ3n) is 2.16. The second kappa shape index (κ2) is 1.27. The minimum atomic E-state index is 0.188. The summed E-state index contributed by atoms with van der Waals surface area (Å²) in [5.74, 6) is 0.